The van der Waals surface area contributed by atoms with Gasteiger partial charge >= 0.3 is 0 Å². The minimum Gasteiger partial charge on any atom is -0.507 e. The molecule has 22 heavy (non-hydrogen) atoms. The molecule has 6 heteroatoms. The van der Waals surface area contributed by atoms with Crippen molar-refractivity contribution in [1.82, 2.24) is 0 Å². The third kappa shape index (κ3) is 2.14. The molecule has 0 amide bonds. The number of aromatic hydroxyl groups is 2. The van der Waals surface area contributed by atoms with Crippen LogP contribution in [0.2, 0.25) is 0 Å². The Morgan fingerprint density at radius 1 is 1.14 bits per heavy atom. The first-order chi connectivity index (χ1) is 10.5. The molecule has 1 unspecified atom stereocenters. The summed E-state index contributed by atoms with van der Waals surface area (Å²) in [6.45, 7) is 0. The summed E-state index contributed by atoms with van der Waals surface area (Å²) in [4.78, 5) is 12.3. The van der Waals surface area contributed by atoms with E-state index in [1.54, 1.807) is 12.1 Å². The van der Waals surface area contributed by atoms with Crippen molar-refractivity contribution in [1.29, 1.82) is 0 Å². The molecule has 114 valence electrons. The summed E-state index contributed by atoms with van der Waals surface area (Å²) in [5.41, 5.74) is 0.386. The van der Waals surface area contributed by atoms with E-state index in [0.29, 0.717) is 5.56 Å². The predicted molar refractivity (Wildman–Crippen MR) is 76.5 cm³/mol. The molecule has 0 bridgehead atoms. The van der Waals surface area contributed by atoms with Crippen LogP contribution in [0.15, 0.2) is 36.4 Å². The lowest BCUT2D eigenvalue weighted by atomic mass is 9.93. The third-order valence-electron chi connectivity index (χ3n) is 3.59. The maximum atomic E-state index is 12.3. The van der Waals surface area contributed by atoms with E-state index >= 15 is 0 Å². The molecule has 0 aromatic heterocycles. The zero-order valence-electron chi connectivity index (χ0n) is 11.7. The molecule has 2 aromatic rings. The highest BCUT2D eigenvalue weighted by molar-refractivity contribution is 6.05. The molecule has 1 heterocycles. The topological polar surface area (TPSA) is 96.2 Å². The van der Waals surface area contributed by atoms with Crippen LogP contribution in [0.5, 0.6) is 23.0 Å². The summed E-state index contributed by atoms with van der Waals surface area (Å²) in [5, 5.41) is 29.8. The minimum absolute atomic E-state index is 0.0380. The number of ether oxygens (including phenoxy) is 2. The van der Waals surface area contributed by atoms with Crippen molar-refractivity contribution in [2.24, 2.45) is 0 Å². The van der Waals surface area contributed by atoms with Crippen molar-refractivity contribution >= 4 is 5.78 Å². The molecule has 2 atom stereocenters. The third-order valence-corrected chi connectivity index (χ3v) is 3.59. The molecule has 1 aliphatic rings. The smallest absolute Gasteiger partial charge is 0.202 e. The summed E-state index contributed by atoms with van der Waals surface area (Å²) < 4.78 is 10.6. The van der Waals surface area contributed by atoms with Crippen molar-refractivity contribution in [3.63, 3.8) is 0 Å². The van der Waals surface area contributed by atoms with Gasteiger partial charge in [-0.15, -0.1) is 0 Å². The number of hydrogen-bond donors (Lipinski definition) is 3. The van der Waals surface area contributed by atoms with Gasteiger partial charge in [-0.25, -0.2) is 0 Å². The van der Waals surface area contributed by atoms with Crippen LogP contribution in [0, 0.1) is 0 Å². The lowest BCUT2D eigenvalue weighted by Crippen LogP contribution is -2.36. The summed E-state index contributed by atoms with van der Waals surface area (Å²) in [6.07, 6.45) is -2.45. The summed E-state index contributed by atoms with van der Waals surface area (Å²) in [5.74, 6) is -0.517. The van der Waals surface area contributed by atoms with Crippen LogP contribution >= 0.6 is 0 Å². The van der Waals surface area contributed by atoms with Crippen LogP contribution in [0.25, 0.3) is 0 Å². The highest BCUT2D eigenvalue weighted by Crippen LogP contribution is 2.40. The minimum atomic E-state index is -1.48. The molecular formula is C16H14O6. The van der Waals surface area contributed by atoms with Crippen LogP contribution in [-0.2, 0) is 0 Å². The second-order valence-electron chi connectivity index (χ2n) is 4.93. The fourth-order valence-corrected chi connectivity index (χ4v) is 2.49. The van der Waals surface area contributed by atoms with Gasteiger partial charge in [-0.1, -0.05) is 12.1 Å². The average molecular weight is 302 g/mol. The fraction of sp³-hybridized carbons (Fsp3) is 0.188. The van der Waals surface area contributed by atoms with Gasteiger partial charge in [-0.05, 0) is 29.8 Å². The Labute approximate surface area is 126 Å². The molecular weight excluding hydrogens is 288 g/mol. The number of rotatable bonds is 2. The molecule has 1 aliphatic heterocycles. The normalized spacial score (nSPS) is 20.2. The lowest BCUT2D eigenvalue weighted by molar-refractivity contribution is 0.0211. The predicted octanol–water partition coefficient (Wildman–Crippen LogP) is 1.78. The summed E-state index contributed by atoms with van der Waals surface area (Å²) in [6, 6.07) is 8.91. The number of hydrogen-bond acceptors (Lipinski definition) is 6. The number of fused-ring (bicyclic) bond motifs is 1. The van der Waals surface area contributed by atoms with Crippen LogP contribution in [0.1, 0.15) is 22.0 Å². The maximum Gasteiger partial charge on any atom is 0.202 e. The Morgan fingerprint density at radius 3 is 2.59 bits per heavy atom. The number of aliphatic hydroxyl groups is 1. The number of aliphatic hydroxyl groups excluding tert-OH is 1. The monoisotopic (exact) mass is 302 g/mol. The molecule has 3 rings (SSSR count). The van der Waals surface area contributed by atoms with Gasteiger partial charge in [0, 0.05) is 0 Å². The van der Waals surface area contributed by atoms with E-state index in [2.05, 4.69) is 0 Å². The van der Waals surface area contributed by atoms with Gasteiger partial charge < -0.3 is 24.8 Å². The number of Topliss-reactive ketones (excluding diaryl/α,β-unsaturated/α-hetero) is 1. The standard InChI is InChI=1S/C16H14O6/c1-21-11-6-5-8(7-10(11)18)16-15(20)14(19)13-9(17)3-2-4-12(13)22-16/h2-7,15-18,20H,1H3/t15?,16-/m1/s1. The van der Waals surface area contributed by atoms with Crippen molar-refractivity contribution < 1.29 is 29.6 Å². The van der Waals surface area contributed by atoms with Crippen LogP contribution < -0.4 is 9.47 Å². The zero-order valence-corrected chi connectivity index (χ0v) is 11.7. The van der Waals surface area contributed by atoms with Gasteiger partial charge in [0.2, 0.25) is 5.78 Å². The molecule has 0 saturated heterocycles. The Balaban J connectivity index is 2.03. The van der Waals surface area contributed by atoms with E-state index in [9.17, 15) is 20.1 Å². The first kappa shape index (κ1) is 14.2. The van der Waals surface area contributed by atoms with E-state index in [1.165, 1.54) is 31.4 Å². The van der Waals surface area contributed by atoms with E-state index in [4.69, 9.17) is 9.47 Å². The Hall–Kier alpha value is -2.73. The molecule has 6 nitrogen and oxygen atoms in total. The zero-order chi connectivity index (χ0) is 15.9. The largest absolute Gasteiger partial charge is 0.507 e. The van der Waals surface area contributed by atoms with E-state index in [0.717, 1.165) is 0 Å². The van der Waals surface area contributed by atoms with Gasteiger partial charge in [-0.2, -0.15) is 0 Å². The second-order valence-corrected chi connectivity index (χ2v) is 4.93. The van der Waals surface area contributed by atoms with Gasteiger partial charge in [0.25, 0.3) is 0 Å². The molecule has 0 fully saturated rings. The Morgan fingerprint density at radius 2 is 1.91 bits per heavy atom. The van der Waals surface area contributed by atoms with Crippen LogP contribution in [0.4, 0.5) is 0 Å². The second kappa shape index (κ2) is 5.23. The molecule has 0 spiro atoms. The summed E-state index contributed by atoms with van der Waals surface area (Å²) in [7, 11) is 1.42. The van der Waals surface area contributed by atoms with Crippen LogP contribution in [0.3, 0.4) is 0 Å². The number of benzene rings is 2. The lowest BCUT2D eigenvalue weighted by Gasteiger charge is -2.30. The van der Waals surface area contributed by atoms with Crippen molar-refractivity contribution in [3.05, 3.63) is 47.5 Å². The van der Waals surface area contributed by atoms with Gasteiger partial charge in [0.15, 0.2) is 23.7 Å². The van der Waals surface area contributed by atoms with Crippen molar-refractivity contribution in [3.8, 4) is 23.0 Å². The Bertz CT molecular complexity index is 739. The Kier molecular flexibility index (Phi) is 3.38. The van der Waals surface area contributed by atoms with E-state index in [-0.39, 0.29) is 28.6 Å². The molecule has 3 N–H and O–H groups in total. The number of phenolic OH excluding ortho intramolecular Hbond substituents is 2. The first-order valence-corrected chi connectivity index (χ1v) is 6.60. The number of carbonyl (C=O) groups excluding carboxylic acids is 1. The molecule has 2 aromatic carbocycles. The summed E-state index contributed by atoms with van der Waals surface area (Å²) >= 11 is 0. The van der Waals surface area contributed by atoms with Crippen LogP contribution in [-0.4, -0.2) is 34.3 Å². The number of methoxy groups -OCH3 is 1. The molecule has 0 aliphatic carbocycles. The SMILES string of the molecule is COc1ccc([C@H]2Oc3cccc(O)c3C(=O)C2O)cc1O. The fourth-order valence-electron chi connectivity index (χ4n) is 2.49. The van der Waals surface area contributed by atoms with E-state index in [1.807, 2.05) is 0 Å². The quantitative estimate of drug-likeness (QED) is 0.782. The molecule has 0 saturated carbocycles. The maximum absolute atomic E-state index is 12.3. The van der Waals surface area contributed by atoms with Gasteiger partial charge in [-0.3, -0.25) is 4.79 Å². The van der Waals surface area contributed by atoms with Gasteiger partial charge in [0.05, 0.1) is 7.11 Å². The first-order valence-electron chi connectivity index (χ1n) is 6.60. The number of phenols is 2. The van der Waals surface area contributed by atoms with Gasteiger partial charge in [0.1, 0.15) is 17.1 Å². The highest BCUT2D eigenvalue weighted by atomic mass is 16.5. The number of carbonyl (C=O) groups is 1. The van der Waals surface area contributed by atoms with Crippen molar-refractivity contribution in [2.45, 2.75) is 12.2 Å². The molecule has 0 radical (unpaired) electrons. The average Bonchev–Trinajstić information content (AvgIpc) is 2.50. The van der Waals surface area contributed by atoms with Crippen molar-refractivity contribution in [2.75, 3.05) is 7.11 Å². The van der Waals surface area contributed by atoms with E-state index < -0.39 is 18.0 Å². The number of ketones is 1. The highest BCUT2D eigenvalue weighted by Gasteiger charge is 2.38.